The van der Waals surface area contributed by atoms with E-state index in [4.69, 9.17) is 4.98 Å². The van der Waals surface area contributed by atoms with Gasteiger partial charge in [-0.2, -0.15) is 0 Å². The van der Waals surface area contributed by atoms with Crippen molar-refractivity contribution in [2.24, 2.45) is 0 Å². The number of hydrogen-bond donors (Lipinski definition) is 2. The summed E-state index contributed by atoms with van der Waals surface area (Å²) in [6.45, 7) is 2.03. The zero-order valence-corrected chi connectivity index (χ0v) is 12.1. The van der Waals surface area contributed by atoms with Gasteiger partial charge in [0.05, 0.1) is 11.0 Å². The second-order valence-electron chi connectivity index (χ2n) is 5.21. The largest absolute Gasteiger partial charge is 0.370 e. The van der Waals surface area contributed by atoms with Crippen LogP contribution in [0.1, 0.15) is 12.8 Å². The second kappa shape index (κ2) is 5.63. The molecule has 2 N–H and O–H groups in total. The summed E-state index contributed by atoms with van der Waals surface area (Å²) in [4.78, 5) is 11.8. The molecule has 0 aliphatic carbocycles. The standard InChI is InChI=1S/C15H21N5/c1-16-11-6-5-9-20(10-11)15-14(17-2)18-12-7-3-4-8-13(12)19-15/h3-4,7-8,11,16H,5-6,9-10H2,1-2H3,(H,17,18)/t11-/m1/s1. The predicted molar refractivity (Wildman–Crippen MR) is 83.4 cm³/mol. The Bertz CT molecular complexity index is 598. The van der Waals surface area contributed by atoms with E-state index in [1.165, 1.54) is 12.8 Å². The molecule has 1 fully saturated rings. The van der Waals surface area contributed by atoms with Gasteiger partial charge in [0.15, 0.2) is 11.6 Å². The smallest absolute Gasteiger partial charge is 0.172 e. The van der Waals surface area contributed by atoms with Gasteiger partial charge < -0.3 is 15.5 Å². The van der Waals surface area contributed by atoms with E-state index >= 15 is 0 Å². The maximum atomic E-state index is 4.81. The van der Waals surface area contributed by atoms with Crippen molar-refractivity contribution in [3.63, 3.8) is 0 Å². The van der Waals surface area contributed by atoms with Gasteiger partial charge >= 0.3 is 0 Å². The molecule has 2 aromatic rings. The number of likely N-dealkylation sites (N-methyl/N-ethyl adjacent to an activating group) is 1. The van der Waals surface area contributed by atoms with E-state index in [0.29, 0.717) is 6.04 Å². The molecule has 0 spiro atoms. The Morgan fingerprint density at radius 2 is 1.90 bits per heavy atom. The van der Waals surface area contributed by atoms with Crippen molar-refractivity contribution in [2.45, 2.75) is 18.9 Å². The Labute approximate surface area is 119 Å². The Balaban J connectivity index is 2.00. The number of anilines is 2. The summed E-state index contributed by atoms with van der Waals surface area (Å²) in [6.07, 6.45) is 2.41. The van der Waals surface area contributed by atoms with Crippen LogP contribution < -0.4 is 15.5 Å². The highest BCUT2D eigenvalue weighted by molar-refractivity contribution is 5.80. The van der Waals surface area contributed by atoms with Gasteiger partial charge in [0.1, 0.15) is 0 Å². The average molecular weight is 271 g/mol. The average Bonchev–Trinajstić information content (AvgIpc) is 2.53. The van der Waals surface area contributed by atoms with Crippen molar-refractivity contribution in [1.82, 2.24) is 15.3 Å². The molecular weight excluding hydrogens is 250 g/mol. The van der Waals surface area contributed by atoms with E-state index in [2.05, 4.69) is 20.5 Å². The summed E-state index contributed by atoms with van der Waals surface area (Å²) in [5.41, 5.74) is 1.89. The molecule has 1 saturated heterocycles. The van der Waals surface area contributed by atoms with Gasteiger partial charge in [-0.1, -0.05) is 12.1 Å². The molecular formula is C15H21N5. The first-order valence-electron chi connectivity index (χ1n) is 7.18. The second-order valence-corrected chi connectivity index (χ2v) is 5.21. The molecule has 106 valence electrons. The van der Waals surface area contributed by atoms with Crippen LogP contribution in [-0.4, -0.2) is 43.2 Å². The van der Waals surface area contributed by atoms with Crippen LogP contribution in [0.3, 0.4) is 0 Å². The van der Waals surface area contributed by atoms with Crippen LogP contribution >= 0.6 is 0 Å². The molecule has 0 amide bonds. The molecule has 0 radical (unpaired) electrons. The van der Waals surface area contributed by atoms with Crippen LogP contribution in [0.15, 0.2) is 24.3 Å². The lowest BCUT2D eigenvalue weighted by atomic mass is 10.1. The number of para-hydroxylation sites is 2. The summed E-state index contributed by atoms with van der Waals surface area (Å²) in [5.74, 6) is 1.83. The highest BCUT2D eigenvalue weighted by Gasteiger charge is 2.22. The topological polar surface area (TPSA) is 53.1 Å². The van der Waals surface area contributed by atoms with Crippen LogP contribution in [0.5, 0.6) is 0 Å². The van der Waals surface area contributed by atoms with Crippen LogP contribution in [0.25, 0.3) is 11.0 Å². The van der Waals surface area contributed by atoms with Crippen molar-refractivity contribution in [3.05, 3.63) is 24.3 Å². The Hall–Kier alpha value is -1.88. The minimum Gasteiger partial charge on any atom is -0.370 e. The molecule has 1 aliphatic rings. The summed E-state index contributed by atoms with van der Waals surface area (Å²) < 4.78 is 0. The fraction of sp³-hybridized carbons (Fsp3) is 0.467. The van der Waals surface area contributed by atoms with Crippen molar-refractivity contribution in [3.8, 4) is 0 Å². The Morgan fingerprint density at radius 3 is 2.60 bits per heavy atom. The quantitative estimate of drug-likeness (QED) is 0.892. The first-order chi connectivity index (χ1) is 9.81. The van der Waals surface area contributed by atoms with Gasteiger partial charge in [-0.05, 0) is 32.0 Å². The van der Waals surface area contributed by atoms with Crippen molar-refractivity contribution >= 4 is 22.7 Å². The van der Waals surface area contributed by atoms with Gasteiger partial charge in [-0.25, -0.2) is 9.97 Å². The molecule has 0 unspecified atom stereocenters. The predicted octanol–water partition coefficient (Wildman–Crippen LogP) is 1.86. The number of nitrogens with one attached hydrogen (secondary N) is 2. The van der Waals surface area contributed by atoms with Gasteiger partial charge in [0.2, 0.25) is 0 Å². The minimum absolute atomic E-state index is 0.529. The number of piperidine rings is 1. The SMILES string of the molecule is CNc1nc2ccccc2nc1N1CCC[C@@H](NC)C1. The van der Waals surface area contributed by atoms with E-state index in [1.54, 1.807) is 0 Å². The van der Waals surface area contributed by atoms with E-state index in [9.17, 15) is 0 Å². The lowest BCUT2D eigenvalue weighted by Gasteiger charge is -2.34. The van der Waals surface area contributed by atoms with Crippen molar-refractivity contribution < 1.29 is 0 Å². The lowest BCUT2D eigenvalue weighted by Crippen LogP contribution is -2.45. The van der Waals surface area contributed by atoms with Crippen LogP contribution in [0.2, 0.25) is 0 Å². The fourth-order valence-corrected chi connectivity index (χ4v) is 2.78. The molecule has 0 bridgehead atoms. The number of benzene rings is 1. The summed E-state index contributed by atoms with van der Waals surface area (Å²) in [5, 5.41) is 6.55. The van der Waals surface area contributed by atoms with E-state index < -0.39 is 0 Å². The van der Waals surface area contributed by atoms with Gasteiger partial charge in [-0.15, -0.1) is 0 Å². The normalized spacial score (nSPS) is 19.3. The first kappa shape index (κ1) is 13.1. The molecule has 1 atom stereocenters. The first-order valence-corrected chi connectivity index (χ1v) is 7.18. The summed E-state index contributed by atoms with van der Waals surface area (Å²) in [6, 6.07) is 8.55. The third-order valence-electron chi connectivity index (χ3n) is 3.92. The highest BCUT2D eigenvalue weighted by atomic mass is 15.2. The van der Waals surface area contributed by atoms with Gasteiger partial charge in [0, 0.05) is 26.2 Å². The third-order valence-corrected chi connectivity index (χ3v) is 3.92. The van der Waals surface area contributed by atoms with Crippen LogP contribution in [0.4, 0.5) is 11.6 Å². The maximum Gasteiger partial charge on any atom is 0.172 e. The van der Waals surface area contributed by atoms with E-state index in [0.717, 1.165) is 35.8 Å². The van der Waals surface area contributed by atoms with Crippen molar-refractivity contribution in [2.75, 3.05) is 37.4 Å². The number of fused-ring (bicyclic) bond motifs is 1. The minimum atomic E-state index is 0.529. The van der Waals surface area contributed by atoms with Crippen LogP contribution in [0, 0.1) is 0 Å². The fourth-order valence-electron chi connectivity index (χ4n) is 2.78. The zero-order chi connectivity index (χ0) is 13.9. The van der Waals surface area contributed by atoms with E-state index in [1.807, 2.05) is 38.4 Å². The monoisotopic (exact) mass is 271 g/mol. The molecule has 1 aromatic heterocycles. The highest BCUT2D eigenvalue weighted by Crippen LogP contribution is 2.27. The molecule has 5 heteroatoms. The Morgan fingerprint density at radius 1 is 1.15 bits per heavy atom. The lowest BCUT2D eigenvalue weighted by molar-refractivity contribution is 0.448. The number of nitrogens with zero attached hydrogens (tertiary/aromatic N) is 3. The van der Waals surface area contributed by atoms with E-state index in [-0.39, 0.29) is 0 Å². The molecule has 1 aromatic carbocycles. The molecule has 5 nitrogen and oxygen atoms in total. The molecule has 20 heavy (non-hydrogen) atoms. The molecule has 2 heterocycles. The molecule has 0 saturated carbocycles. The molecule has 1 aliphatic heterocycles. The molecule has 3 rings (SSSR count). The van der Waals surface area contributed by atoms with Gasteiger partial charge in [0.25, 0.3) is 0 Å². The zero-order valence-electron chi connectivity index (χ0n) is 12.1. The van der Waals surface area contributed by atoms with Crippen molar-refractivity contribution in [1.29, 1.82) is 0 Å². The maximum absolute atomic E-state index is 4.81. The summed E-state index contributed by atoms with van der Waals surface area (Å²) >= 11 is 0. The summed E-state index contributed by atoms with van der Waals surface area (Å²) in [7, 11) is 3.93. The Kier molecular flexibility index (Phi) is 3.69. The number of rotatable bonds is 3. The third kappa shape index (κ3) is 2.41. The van der Waals surface area contributed by atoms with Crippen LogP contribution in [-0.2, 0) is 0 Å². The number of aromatic nitrogens is 2. The van der Waals surface area contributed by atoms with Gasteiger partial charge in [-0.3, -0.25) is 0 Å². The number of hydrogen-bond acceptors (Lipinski definition) is 5.